The first kappa shape index (κ1) is 21.0. The average molecular weight is 422 g/mol. The highest BCUT2D eigenvalue weighted by Gasteiger charge is 2.49. The number of hydrogen-bond donors (Lipinski definition) is 3. The van der Waals surface area contributed by atoms with Gasteiger partial charge in [-0.15, -0.1) is 12.6 Å². The first-order chi connectivity index (χ1) is 12.9. The zero-order chi connectivity index (χ0) is 20.8. The summed E-state index contributed by atoms with van der Waals surface area (Å²) in [5.41, 5.74) is -0.0274. The zero-order valence-corrected chi connectivity index (χ0v) is 18.2. The fourth-order valence-electron chi connectivity index (χ4n) is 3.96. The van der Waals surface area contributed by atoms with Gasteiger partial charge in [0.1, 0.15) is 0 Å². The van der Waals surface area contributed by atoms with E-state index < -0.39 is 14.8 Å². The van der Waals surface area contributed by atoms with Gasteiger partial charge in [0.25, 0.3) is 5.91 Å². The molecule has 1 amide bonds. The van der Waals surface area contributed by atoms with Gasteiger partial charge < -0.3 is 5.32 Å². The Kier molecular flexibility index (Phi) is 5.22. The second-order valence-corrected chi connectivity index (χ2v) is 12.0. The Balaban J connectivity index is 1.85. The lowest BCUT2D eigenvalue weighted by Crippen LogP contribution is -2.56. The van der Waals surface area contributed by atoms with Crippen molar-refractivity contribution in [3.63, 3.8) is 0 Å². The molecule has 0 aliphatic heterocycles. The summed E-state index contributed by atoms with van der Waals surface area (Å²) in [6.45, 7) is 4.80. The van der Waals surface area contributed by atoms with Crippen LogP contribution < -0.4 is 10.0 Å². The van der Waals surface area contributed by atoms with Gasteiger partial charge in [0, 0.05) is 10.4 Å². The van der Waals surface area contributed by atoms with E-state index in [9.17, 15) is 18.5 Å². The number of nitriles is 1. The van der Waals surface area contributed by atoms with Crippen LogP contribution in [-0.2, 0) is 10.0 Å². The van der Waals surface area contributed by atoms with Crippen LogP contribution in [0.4, 0.5) is 5.69 Å². The minimum absolute atomic E-state index is 0.229. The van der Waals surface area contributed by atoms with Gasteiger partial charge in [0.05, 0.1) is 27.5 Å². The summed E-state index contributed by atoms with van der Waals surface area (Å²) in [5.74, 6) is -0.300. The number of nitrogens with one attached hydrogen (secondary N) is 2. The first-order valence-corrected chi connectivity index (χ1v) is 11.4. The standard InChI is InChI=1S/C20H27N3O3S2/c1-18(2,3)28(25,26)23-16-12-14(27)4-5-15(16)17(24)22-20-9-6-19(13-21,7-10-20)8-11-20/h4-5,12,23,27H,6-11H2,1-3H3,(H,22,24). The molecule has 3 aliphatic carbocycles. The smallest absolute Gasteiger partial charge is 0.253 e. The van der Waals surface area contributed by atoms with Gasteiger partial charge in [0.2, 0.25) is 10.0 Å². The van der Waals surface area contributed by atoms with Crippen LogP contribution in [0, 0.1) is 16.7 Å². The number of carbonyl (C=O) groups is 1. The van der Waals surface area contributed by atoms with Crippen molar-refractivity contribution in [1.29, 1.82) is 5.26 Å². The second kappa shape index (κ2) is 6.96. The van der Waals surface area contributed by atoms with E-state index in [0.717, 1.165) is 38.5 Å². The normalized spacial score (nSPS) is 27.1. The minimum Gasteiger partial charge on any atom is -0.347 e. The number of nitrogens with zero attached hydrogens (tertiary/aromatic N) is 1. The summed E-state index contributed by atoms with van der Waals surface area (Å²) in [7, 11) is -3.68. The number of rotatable bonds is 4. The predicted molar refractivity (Wildman–Crippen MR) is 112 cm³/mol. The molecule has 28 heavy (non-hydrogen) atoms. The van der Waals surface area contributed by atoms with Crippen molar-refractivity contribution >= 4 is 34.2 Å². The van der Waals surface area contributed by atoms with Crippen LogP contribution in [0.25, 0.3) is 0 Å². The summed E-state index contributed by atoms with van der Waals surface area (Å²) in [5, 5.41) is 12.6. The van der Waals surface area contributed by atoms with Gasteiger partial charge in [-0.05, 0) is 77.5 Å². The third-order valence-electron chi connectivity index (χ3n) is 6.16. The Morgan fingerprint density at radius 2 is 1.71 bits per heavy atom. The summed E-state index contributed by atoms with van der Waals surface area (Å²) in [4.78, 5) is 13.6. The van der Waals surface area contributed by atoms with Crippen molar-refractivity contribution < 1.29 is 13.2 Å². The van der Waals surface area contributed by atoms with Crippen molar-refractivity contribution in [2.24, 2.45) is 5.41 Å². The Morgan fingerprint density at radius 1 is 1.14 bits per heavy atom. The molecule has 3 saturated carbocycles. The fourth-order valence-corrected chi connectivity index (χ4v) is 4.93. The number of fused-ring (bicyclic) bond motifs is 3. The Morgan fingerprint density at radius 3 is 2.21 bits per heavy atom. The van der Waals surface area contributed by atoms with E-state index in [1.165, 1.54) is 0 Å². The summed E-state index contributed by atoms with van der Waals surface area (Å²) in [6.07, 6.45) is 4.72. The molecule has 1 aromatic carbocycles. The molecule has 0 radical (unpaired) electrons. The lowest BCUT2D eigenvalue weighted by molar-refractivity contribution is 0.0522. The number of carbonyl (C=O) groups excluding carboxylic acids is 1. The highest BCUT2D eigenvalue weighted by molar-refractivity contribution is 7.94. The summed E-state index contributed by atoms with van der Waals surface area (Å²) in [6, 6.07) is 7.29. The molecule has 4 rings (SSSR count). The minimum atomic E-state index is -3.68. The van der Waals surface area contributed by atoms with Crippen molar-refractivity contribution in [1.82, 2.24) is 5.32 Å². The van der Waals surface area contributed by atoms with Crippen LogP contribution in [0.1, 0.15) is 69.7 Å². The molecule has 152 valence electrons. The molecule has 3 aliphatic rings. The maximum Gasteiger partial charge on any atom is 0.253 e. The van der Waals surface area contributed by atoms with Crippen LogP contribution >= 0.6 is 12.6 Å². The number of amides is 1. The highest BCUT2D eigenvalue weighted by atomic mass is 32.2. The molecule has 0 heterocycles. The van der Waals surface area contributed by atoms with Gasteiger partial charge in [0.15, 0.2) is 0 Å². The van der Waals surface area contributed by atoms with E-state index in [2.05, 4.69) is 28.7 Å². The molecule has 0 aromatic heterocycles. The van der Waals surface area contributed by atoms with E-state index in [4.69, 9.17) is 0 Å². The van der Waals surface area contributed by atoms with E-state index in [1.807, 2.05) is 0 Å². The lowest BCUT2D eigenvalue weighted by atomic mass is 9.58. The number of anilines is 1. The molecule has 8 heteroatoms. The van der Waals surface area contributed by atoms with E-state index in [1.54, 1.807) is 39.0 Å². The predicted octanol–water partition coefficient (Wildman–Crippen LogP) is 3.86. The molecule has 3 fully saturated rings. The highest BCUT2D eigenvalue weighted by Crippen LogP contribution is 2.52. The summed E-state index contributed by atoms with van der Waals surface area (Å²) >= 11 is 4.29. The van der Waals surface area contributed by atoms with Gasteiger partial charge in [-0.2, -0.15) is 5.26 Å². The molecule has 6 nitrogen and oxygen atoms in total. The molecular formula is C20H27N3O3S2. The Bertz CT molecular complexity index is 918. The molecule has 2 bridgehead atoms. The third-order valence-corrected chi connectivity index (χ3v) is 8.54. The quantitative estimate of drug-likeness (QED) is 0.643. The SMILES string of the molecule is CC(C)(C)S(=O)(=O)Nc1cc(S)ccc1C(=O)NC12CCC(C#N)(CC1)CC2. The van der Waals surface area contributed by atoms with E-state index >= 15 is 0 Å². The van der Waals surface area contributed by atoms with Crippen LogP contribution in [0.3, 0.4) is 0 Å². The Hall–Kier alpha value is -1.72. The Labute approximate surface area is 172 Å². The molecule has 0 spiro atoms. The molecular weight excluding hydrogens is 394 g/mol. The summed E-state index contributed by atoms with van der Waals surface area (Å²) < 4.78 is 26.7. The lowest BCUT2D eigenvalue weighted by Gasteiger charge is -2.50. The number of benzene rings is 1. The topological polar surface area (TPSA) is 99.1 Å². The van der Waals surface area contributed by atoms with Crippen molar-refractivity contribution in [3.8, 4) is 6.07 Å². The molecule has 1 aromatic rings. The third kappa shape index (κ3) is 3.87. The number of thiol groups is 1. The van der Waals surface area contributed by atoms with Crippen LogP contribution in [0.15, 0.2) is 23.1 Å². The van der Waals surface area contributed by atoms with Gasteiger partial charge in [-0.3, -0.25) is 9.52 Å². The fraction of sp³-hybridized carbons (Fsp3) is 0.600. The maximum atomic E-state index is 13.1. The molecule has 0 saturated heterocycles. The maximum absolute atomic E-state index is 13.1. The van der Waals surface area contributed by atoms with Gasteiger partial charge >= 0.3 is 0 Å². The largest absolute Gasteiger partial charge is 0.347 e. The van der Waals surface area contributed by atoms with E-state index in [-0.39, 0.29) is 28.1 Å². The van der Waals surface area contributed by atoms with Crippen LogP contribution in [0.2, 0.25) is 0 Å². The van der Waals surface area contributed by atoms with Gasteiger partial charge in [-0.1, -0.05) is 0 Å². The molecule has 2 N–H and O–H groups in total. The zero-order valence-electron chi connectivity index (χ0n) is 16.5. The van der Waals surface area contributed by atoms with Crippen molar-refractivity contribution in [2.75, 3.05) is 4.72 Å². The number of sulfonamides is 1. The molecule has 0 atom stereocenters. The average Bonchev–Trinajstić information content (AvgIpc) is 2.62. The first-order valence-electron chi connectivity index (χ1n) is 9.50. The van der Waals surface area contributed by atoms with Gasteiger partial charge in [-0.25, -0.2) is 8.42 Å². The molecule has 0 unspecified atom stereocenters. The van der Waals surface area contributed by atoms with Crippen LogP contribution in [0.5, 0.6) is 0 Å². The van der Waals surface area contributed by atoms with Crippen molar-refractivity contribution in [2.45, 2.75) is 74.5 Å². The van der Waals surface area contributed by atoms with Crippen LogP contribution in [-0.4, -0.2) is 24.6 Å². The second-order valence-electron chi connectivity index (χ2n) is 9.07. The number of hydrogen-bond acceptors (Lipinski definition) is 5. The van der Waals surface area contributed by atoms with E-state index in [0.29, 0.717) is 4.90 Å². The van der Waals surface area contributed by atoms with Crippen molar-refractivity contribution in [3.05, 3.63) is 23.8 Å². The monoisotopic (exact) mass is 421 g/mol.